The summed E-state index contributed by atoms with van der Waals surface area (Å²) in [6, 6.07) is 16.8. The van der Waals surface area contributed by atoms with Crippen molar-refractivity contribution in [3.8, 4) is 16.9 Å². The first-order valence-electron chi connectivity index (χ1n) is 8.09. The predicted molar refractivity (Wildman–Crippen MR) is 102 cm³/mol. The van der Waals surface area contributed by atoms with Crippen LogP contribution in [0.2, 0.25) is 0 Å². The average molecular weight is 344 g/mol. The lowest BCUT2D eigenvalue weighted by Gasteiger charge is -2.08. The van der Waals surface area contributed by atoms with Crippen molar-refractivity contribution < 1.29 is 14.3 Å². The minimum atomic E-state index is -0.512. The molecule has 0 aliphatic carbocycles. The topological polar surface area (TPSA) is 85.2 Å². The van der Waals surface area contributed by atoms with Crippen LogP contribution in [0.25, 0.3) is 32.9 Å². The van der Waals surface area contributed by atoms with Crippen LogP contribution >= 0.6 is 0 Å². The van der Waals surface area contributed by atoms with E-state index in [0.29, 0.717) is 16.6 Å². The van der Waals surface area contributed by atoms with Crippen molar-refractivity contribution in [2.75, 3.05) is 7.11 Å². The third-order valence-corrected chi connectivity index (χ3v) is 4.54. The number of benzene rings is 3. The van der Waals surface area contributed by atoms with E-state index in [1.807, 2.05) is 36.4 Å². The predicted octanol–water partition coefficient (Wildman–Crippen LogP) is 3.91. The smallest absolute Gasteiger partial charge is 0.250 e. The first-order valence-corrected chi connectivity index (χ1v) is 8.09. The minimum Gasteiger partial charge on any atom is -0.497 e. The lowest BCUT2D eigenvalue weighted by Crippen LogP contribution is -2.11. The molecule has 0 saturated carbocycles. The van der Waals surface area contributed by atoms with Gasteiger partial charge < -0.3 is 15.5 Å². The molecule has 4 aromatic rings. The zero-order chi connectivity index (χ0) is 18.3. The van der Waals surface area contributed by atoms with Crippen molar-refractivity contribution in [3.05, 3.63) is 65.7 Å². The van der Waals surface area contributed by atoms with Crippen molar-refractivity contribution in [3.63, 3.8) is 0 Å². The van der Waals surface area contributed by atoms with Gasteiger partial charge in [0.15, 0.2) is 0 Å². The molecular formula is C21H16N2O3. The van der Waals surface area contributed by atoms with Gasteiger partial charge in [-0.05, 0) is 41.5 Å². The number of aldehydes is 1. The third-order valence-electron chi connectivity index (χ3n) is 4.54. The van der Waals surface area contributed by atoms with Crippen molar-refractivity contribution in [2.45, 2.75) is 0 Å². The highest BCUT2D eigenvalue weighted by Crippen LogP contribution is 2.34. The van der Waals surface area contributed by atoms with E-state index in [1.165, 1.54) is 0 Å². The number of carbonyl (C=O) groups is 2. The number of ether oxygens (including phenoxy) is 1. The molecule has 4 rings (SSSR count). The normalized spacial score (nSPS) is 11.0. The van der Waals surface area contributed by atoms with Crippen LogP contribution in [0, 0.1) is 0 Å². The van der Waals surface area contributed by atoms with Crippen molar-refractivity contribution in [2.24, 2.45) is 5.73 Å². The molecule has 0 radical (unpaired) electrons. The molecule has 3 N–H and O–H groups in total. The Kier molecular flexibility index (Phi) is 3.69. The van der Waals surface area contributed by atoms with Crippen molar-refractivity contribution >= 4 is 34.0 Å². The summed E-state index contributed by atoms with van der Waals surface area (Å²) in [5, 5.41) is 1.81. The maximum absolute atomic E-state index is 12.0. The maximum Gasteiger partial charge on any atom is 0.250 e. The van der Waals surface area contributed by atoms with Gasteiger partial charge in [-0.1, -0.05) is 24.3 Å². The summed E-state index contributed by atoms with van der Waals surface area (Å²) < 4.78 is 5.29. The van der Waals surface area contributed by atoms with Gasteiger partial charge in [-0.15, -0.1) is 0 Å². The Morgan fingerprint density at radius 2 is 1.88 bits per heavy atom. The van der Waals surface area contributed by atoms with Crippen LogP contribution in [-0.2, 0) is 0 Å². The van der Waals surface area contributed by atoms with Crippen LogP contribution in [0.4, 0.5) is 0 Å². The molecule has 0 fully saturated rings. The number of nitrogens with one attached hydrogen (secondary N) is 1. The van der Waals surface area contributed by atoms with Crippen LogP contribution in [0.15, 0.2) is 54.6 Å². The van der Waals surface area contributed by atoms with Crippen LogP contribution in [0.3, 0.4) is 0 Å². The second kappa shape index (κ2) is 6.04. The van der Waals surface area contributed by atoms with Gasteiger partial charge in [-0.3, -0.25) is 9.59 Å². The summed E-state index contributed by atoms with van der Waals surface area (Å²) in [7, 11) is 1.61. The van der Waals surface area contributed by atoms with E-state index in [-0.39, 0.29) is 0 Å². The number of amides is 1. The first kappa shape index (κ1) is 15.9. The minimum absolute atomic E-state index is 0.407. The highest BCUT2D eigenvalue weighted by molar-refractivity contribution is 6.16. The lowest BCUT2D eigenvalue weighted by molar-refractivity contribution is 0.100. The van der Waals surface area contributed by atoms with E-state index in [2.05, 4.69) is 4.98 Å². The number of aromatic nitrogens is 1. The van der Waals surface area contributed by atoms with Gasteiger partial charge in [0.05, 0.1) is 18.2 Å². The first-order chi connectivity index (χ1) is 12.6. The van der Waals surface area contributed by atoms with Crippen molar-refractivity contribution in [1.82, 2.24) is 4.98 Å². The van der Waals surface area contributed by atoms with E-state index in [9.17, 15) is 9.59 Å². The van der Waals surface area contributed by atoms with Gasteiger partial charge >= 0.3 is 0 Å². The Hall–Kier alpha value is -3.60. The molecule has 26 heavy (non-hydrogen) atoms. The van der Waals surface area contributed by atoms with E-state index in [1.54, 1.807) is 25.3 Å². The molecule has 0 saturated heterocycles. The van der Waals surface area contributed by atoms with Crippen molar-refractivity contribution in [1.29, 1.82) is 0 Å². The summed E-state index contributed by atoms with van der Waals surface area (Å²) in [4.78, 5) is 26.3. The van der Waals surface area contributed by atoms with Gasteiger partial charge in [0.25, 0.3) is 5.91 Å². The monoisotopic (exact) mass is 344 g/mol. The summed E-state index contributed by atoms with van der Waals surface area (Å²) in [6.45, 7) is 0. The second-order valence-corrected chi connectivity index (χ2v) is 6.09. The molecule has 3 aromatic carbocycles. The number of H-pyrrole nitrogens is 1. The fraction of sp³-hybridized carbons (Fsp3) is 0.0476. The van der Waals surface area contributed by atoms with Gasteiger partial charge in [0.1, 0.15) is 12.0 Å². The van der Waals surface area contributed by atoms with E-state index >= 15 is 0 Å². The molecule has 5 nitrogen and oxygen atoms in total. The summed E-state index contributed by atoms with van der Waals surface area (Å²) in [5.74, 6) is 0.222. The van der Waals surface area contributed by atoms with E-state index in [0.717, 1.165) is 39.5 Å². The Labute approximate surface area is 149 Å². The van der Waals surface area contributed by atoms with E-state index in [4.69, 9.17) is 10.5 Å². The van der Waals surface area contributed by atoms with E-state index < -0.39 is 5.91 Å². The molecule has 1 heterocycles. The summed E-state index contributed by atoms with van der Waals surface area (Å²) >= 11 is 0. The van der Waals surface area contributed by atoms with Crippen LogP contribution in [-0.4, -0.2) is 24.3 Å². The number of fused-ring (bicyclic) bond motifs is 3. The highest BCUT2D eigenvalue weighted by atomic mass is 16.5. The highest BCUT2D eigenvalue weighted by Gasteiger charge is 2.15. The molecule has 1 amide bonds. The summed E-state index contributed by atoms with van der Waals surface area (Å²) in [5.41, 5.74) is 9.84. The lowest BCUT2D eigenvalue weighted by atomic mass is 9.98. The SMILES string of the molecule is COc1cccc(-c2cc(C(N)=O)c3[nH]c4cc(C=O)ccc4c3c2)c1. The summed E-state index contributed by atoms with van der Waals surface area (Å²) in [6.07, 6.45) is 0.793. The number of primary amides is 1. The van der Waals surface area contributed by atoms with Gasteiger partial charge in [0.2, 0.25) is 0 Å². The Morgan fingerprint density at radius 1 is 1.04 bits per heavy atom. The van der Waals surface area contributed by atoms with Crippen LogP contribution in [0.1, 0.15) is 20.7 Å². The average Bonchev–Trinajstić information content (AvgIpc) is 3.04. The molecule has 0 aliphatic heterocycles. The standard InChI is InChI=1S/C21H16N2O3/c1-26-15-4-2-3-13(8-15)14-9-17-16-6-5-12(11-24)7-19(16)23-20(17)18(10-14)21(22)25/h2-11,23H,1H3,(H2,22,25). The zero-order valence-corrected chi connectivity index (χ0v) is 14.1. The molecule has 0 bridgehead atoms. The number of nitrogens with two attached hydrogens (primary N) is 1. The number of rotatable bonds is 4. The molecule has 0 atom stereocenters. The Balaban J connectivity index is 2.04. The molecule has 0 aliphatic rings. The molecule has 0 unspecified atom stereocenters. The number of aromatic amines is 1. The Morgan fingerprint density at radius 3 is 2.62 bits per heavy atom. The number of hydrogen-bond donors (Lipinski definition) is 2. The van der Waals surface area contributed by atoms with Crippen LogP contribution in [0.5, 0.6) is 5.75 Å². The Bertz CT molecular complexity index is 1170. The fourth-order valence-corrected chi connectivity index (χ4v) is 3.26. The van der Waals surface area contributed by atoms with Gasteiger partial charge in [0, 0.05) is 21.9 Å². The molecule has 5 heteroatoms. The molecule has 128 valence electrons. The zero-order valence-electron chi connectivity index (χ0n) is 14.1. The third kappa shape index (κ3) is 2.50. The maximum atomic E-state index is 12.0. The fourth-order valence-electron chi connectivity index (χ4n) is 3.26. The number of carbonyl (C=O) groups excluding carboxylic acids is 2. The molecule has 0 spiro atoms. The molecular weight excluding hydrogens is 328 g/mol. The number of hydrogen-bond acceptors (Lipinski definition) is 3. The van der Waals surface area contributed by atoms with Crippen LogP contribution < -0.4 is 10.5 Å². The number of methoxy groups -OCH3 is 1. The largest absolute Gasteiger partial charge is 0.497 e. The van der Waals surface area contributed by atoms with Gasteiger partial charge in [-0.2, -0.15) is 0 Å². The second-order valence-electron chi connectivity index (χ2n) is 6.09. The molecule has 1 aromatic heterocycles. The van der Waals surface area contributed by atoms with Gasteiger partial charge in [-0.25, -0.2) is 0 Å². The quantitative estimate of drug-likeness (QED) is 0.550.